The zero-order valence-electron chi connectivity index (χ0n) is 13.4. The molecule has 2 rings (SSSR count). The van der Waals surface area contributed by atoms with E-state index in [2.05, 4.69) is 20.8 Å². The fourth-order valence-corrected chi connectivity index (χ4v) is 2.69. The maximum Gasteiger partial charge on any atom is 0.170 e. The van der Waals surface area contributed by atoms with Crippen LogP contribution >= 0.6 is 0 Å². The zero-order valence-corrected chi connectivity index (χ0v) is 13.4. The molecule has 1 unspecified atom stereocenters. The van der Waals surface area contributed by atoms with Crippen molar-refractivity contribution in [2.45, 2.75) is 79.8 Å². The van der Waals surface area contributed by atoms with Crippen molar-refractivity contribution in [1.82, 2.24) is 0 Å². The molecule has 2 heteroatoms. The normalized spacial score (nSPS) is 27.9. The minimum atomic E-state index is -0.393. The summed E-state index contributed by atoms with van der Waals surface area (Å²) in [5, 5.41) is 0. The smallest absolute Gasteiger partial charge is 0.170 e. The summed E-state index contributed by atoms with van der Waals surface area (Å²) in [6.07, 6.45) is 4.19. The van der Waals surface area contributed by atoms with Gasteiger partial charge in [-0.25, -0.2) is 0 Å². The van der Waals surface area contributed by atoms with Crippen molar-refractivity contribution in [1.29, 1.82) is 0 Å². The molecule has 0 bridgehead atoms. The molecule has 1 aliphatic heterocycles. The van der Waals surface area contributed by atoms with E-state index in [-0.39, 0.29) is 5.41 Å². The Labute approximate surface area is 113 Å². The van der Waals surface area contributed by atoms with E-state index in [4.69, 9.17) is 4.74 Å². The van der Waals surface area contributed by atoms with Gasteiger partial charge in [0.05, 0.1) is 6.61 Å². The van der Waals surface area contributed by atoms with Crippen molar-refractivity contribution < 1.29 is 9.53 Å². The summed E-state index contributed by atoms with van der Waals surface area (Å²) in [5.41, 5.74) is -0.585. The number of ether oxygens (including phenoxy) is 1. The number of rotatable bonds is 0. The molecule has 108 valence electrons. The molecule has 2 nitrogen and oxygen atoms in total. The summed E-state index contributed by atoms with van der Waals surface area (Å²) in [6.45, 7) is 15.0. The molecule has 1 atom stereocenters. The first-order valence-electron chi connectivity index (χ1n) is 7.68. The molecule has 1 saturated carbocycles. The Hall–Kier alpha value is -0.370. The lowest BCUT2D eigenvalue weighted by molar-refractivity contribution is -0.174. The Kier molecular flexibility index (Phi) is 7.13. The minimum absolute atomic E-state index is 0.192. The number of carbonyl (C=O) groups is 1. The lowest BCUT2D eigenvalue weighted by Gasteiger charge is -2.45. The number of hydrogen-bond donors (Lipinski definition) is 0. The van der Waals surface area contributed by atoms with Gasteiger partial charge in [-0.05, 0) is 31.6 Å². The van der Waals surface area contributed by atoms with E-state index in [0.717, 1.165) is 32.3 Å². The van der Waals surface area contributed by atoms with Gasteiger partial charge in [0.25, 0.3) is 0 Å². The quantitative estimate of drug-likeness (QED) is 0.632. The maximum atomic E-state index is 12.4. The van der Waals surface area contributed by atoms with Crippen LogP contribution in [0.4, 0.5) is 0 Å². The third-order valence-corrected chi connectivity index (χ3v) is 4.25. The molecule has 1 saturated heterocycles. The van der Waals surface area contributed by atoms with Gasteiger partial charge < -0.3 is 4.74 Å². The van der Waals surface area contributed by atoms with Gasteiger partial charge in [0.1, 0.15) is 5.60 Å². The van der Waals surface area contributed by atoms with Crippen molar-refractivity contribution >= 4 is 5.78 Å². The highest BCUT2D eigenvalue weighted by atomic mass is 16.5. The van der Waals surface area contributed by atoms with Crippen LogP contribution in [0.3, 0.4) is 0 Å². The average molecular weight is 256 g/mol. The van der Waals surface area contributed by atoms with E-state index >= 15 is 0 Å². The van der Waals surface area contributed by atoms with Gasteiger partial charge in [-0.15, -0.1) is 0 Å². The summed E-state index contributed by atoms with van der Waals surface area (Å²) < 4.78 is 5.84. The van der Waals surface area contributed by atoms with Crippen LogP contribution in [0.5, 0.6) is 0 Å². The van der Waals surface area contributed by atoms with Gasteiger partial charge in [-0.3, -0.25) is 4.79 Å². The van der Waals surface area contributed by atoms with E-state index in [0.29, 0.717) is 11.7 Å². The van der Waals surface area contributed by atoms with Gasteiger partial charge in [-0.2, -0.15) is 0 Å². The van der Waals surface area contributed by atoms with E-state index in [1.54, 1.807) is 0 Å². The highest BCUT2D eigenvalue weighted by Gasteiger charge is 2.53. The largest absolute Gasteiger partial charge is 0.367 e. The van der Waals surface area contributed by atoms with E-state index < -0.39 is 5.60 Å². The lowest BCUT2D eigenvalue weighted by Crippen LogP contribution is -2.55. The van der Waals surface area contributed by atoms with Gasteiger partial charge in [0.2, 0.25) is 0 Å². The summed E-state index contributed by atoms with van der Waals surface area (Å²) in [6, 6.07) is 0. The molecule has 0 amide bonds. The lowest BCUT2D eigenvalue weighted by atomic mass is 9.68. The highest BCUT2D eigenvalue weighted by molar-refractivity contribution is 5.93. The van der Waals surface area contributed by atoms with Crippen LogP contribution in [0.25, 0.3) is 0 Å². The SMILES string of the molecule is CC.CC.CC1COC2(CCCC2)C(=O)C1(C)C. The zero-order chi connectivity index (χ0) is 14.4. The Morgan fingerprint density at radius 1 is 1.06 bits per heavy atom. The van der Waals surface area contributed by atoms with Gasteiger partial charge in [0.15, 0.2) is 5.78 Å². The van der Waals surface area contributed by atoms with Gasteiger partial charge in [0, 0.05) is 5.41 Å². The van der Waals surface area contributed by atoms with E-state index in [9.17, 15) is 4.79 Å². The Morgan fingerprint density at radius 2 is 1.50 bits per heavy atom. The van der Waals surface area contributed by atoms with Crippen molar-refractivity contribution in [3.05, 3.63) is 0 Å². The van der Waals surface area contributed by atoms with Crippen molar-refractivity contribution in [2.75, 3.05) is 6.61 Å². The fraction of sp³-hybridized carbons (Fsp3) is 0.938. The van der Waals surface area contributed by atoms with E-state index in [1.807, 2.05) is 27.7 Å². The Balaban J connectivity index is 0.000000659. The molecule has 18 heavy (non-hydrogen) atoms. The molecular formula is C16H32O2. The van der Waals surface area contributed by atoms with Crippen molar-refractivity contribution in [3.8, 4) is 0 Å². The molecule has 1 aliphatic carbocycles. The van der Waals surface area contributed by atoms with E-state index in [1.165, 1.54) is 0 Å². The first-order valence-corrected chi connectivity index (χ1v) is 7.68. The third kappa shape index (κ3) is 3.14. The highest BCUT2D eigenvalue weighted by Crippen LogP contribution is 2.46. The molecule has 0 aromatic rings. The van der Waals surface area contributed by atoms with Crippen LogP contribution in [-0.4, -0.2) is 18.0 Å². The van der Waals surface area contributed by atoms with Crippen LogP contribution in [-0.2, 0) is 9.53 Å². The number of hydrogen-bond acceptors (Lipinski definition) is 2. The molecule has 0 aromatic heterocycles. The van der Waals surface area contributed by atoms with Crippen LogP contribution < -0.4 is 0 Å². The minimum Gasteiger partial charge on any atom is -0.367 e. The Bertz CT molecular complexity index is 250. The summed E-state index contributed by atoms with van der Waals surface area (Å²) in [5.74, 6) is 0.697. The second-order valence-corrected chi connectivity index (χ2v) is 5.46. The topological polar surface area (TPSA) is 26.3 Å². The fourth-order valence-electron chi connectivity index (χ4n) is 2.69. The third-order valence-electron chi connectivity index (χ3n) is 4.25. The summed E-state index contributed by atoms with van der Waals surface area (Å²) in [4.78, 5) is 12.4. The van der Waals surface area contributed by atoms with Crippen molar-refractivity contribution in [2.24, 2.45) is 11.3 Å². The second kappa shape index (κ2) is 7.28. The predicted molar refractivity (Wildman–Crippen MR) is 77.8 cm³/mol. The van der Waals surface area contributed by atoms with Crippen LogP contribution in [0, 0.1) is 11.3 Å². The number of Topliss-reactive ketones (excluding diaryl/α,β-unsaturated/α-hetero) is 1. The molecule has 0 N–H and O–H groups in total. The van der Waals surface area contributed by atoms with Crippen LogP contribution in [0.2, 0.25) is 0 Å². The maximum absolute atomic E-state index is 12.4. The second-order valence-electron chi connectivity index (χ2n) is 5.46. The summed E-state index contributed by atoms with van der Waals surface area (Å²) >= 11 is 0. The molecule has 2 fully saturated rings. The molecule has 0 radical (unpaired) electrons. The number of ketones is 1. The monoisotopic (exact) mass is 256 g/mol. The summed E-state index contributed by atoms with van der Waals surface area (Å²) in [7, 11) is 0. The van der Waals surface area contributed by atoms with Crippen LogP contribution in [0.1, 0.15) is 74.1 Å². The molecular weight excluding hydrogens is 224 g/mol. The van der Waals surface area contributed by atoms with Gasteiger partial charge in [-0.1, -0.05) is 48.5 Å². The Morgan fingerprint density at radius 3 is 1.94 bits per heavy atom. The number of carbonyl (C=O) groups excluding carboxylic acids is 1. The van der Waals surface area contributed by atoms with Crippen LogP contribution in [0.15, 0.2) is 0 Å². The molecule has 2 aliphatic rings. The molecule has 1 heterocycles. The molecule has 0 aromatic carbocycles. The predicted octanol–water partition coefficient (Wildman–Crippen LogP) is 4.61. The average Bonchev–Trinajstić information content (AvgIpc) is 2.88. The first-order chi connectivity index (χ1) is 8.49. The first kappa shape index (κ1) is 17.6. The van der Waals surface area contributed by atoms with Gasteiger partial charge >= 0.3 is 0 Å². The standard InChI is InChI=1S/C12H20O2.2C2H6/c1-9-8-14-12(6-4-5-7-12)10(13)11(9,2)3;2*1-2/h9H,4-8H2,1-3H3;2*1-2H3. The molecule has 1 spiro atoms. The van der Waals surface area contributed by atoms with Crippen molar-refractivity contribution in [3.63, 3.8) is 0 Å².